The van der Waals surface area contributed by atoms with Gasteiger partial charge in [-0.25, -0.2) is 13.6 Å². The number of primary amides is 1. The van der Waals surface area contributed by atoms with Gasteiger partial charge in [-0.05, 0) is 59.5 Å². The molecular formula is C25H26N4O4S. The van der Waals surface area contributed by atoms with Crippen LogP contribution in [0.3, 0.4) is 0 Å². The van der Waals surface area contributed by atoms with E-state index in [1.54, 1.807) is 30.3 Å². The van der Waals surface area contributed by atoms with Crippen LogP contribution in [0.5, 0.6) is 0 Å². The molecule has 0 unspecified atom stereocenters. The number of hydrogen-bond acceptors (Lipinski definition) is 5. The maximum absolute atomic E-state index is 12.0. The average Bonchev–Trinajstić information content (AvgIpc) is 2.78. The quantitative estimate of drug-likeness (QED) is 0.287. The lowest BCUT2D eigenvalue weighted by molar-refractivity contribution is -0.116. The summed E-state index contributed by atoms with van der Waals surface area (Å²) < 4.78 is 23.1. The number of anilines is 2. The summed E-state index contributed by atoms with van der Waals surface area (Å²) in [5.41, 5.74) is 15.4. The van der Waals surface area contributed by atoms with Gasteiger partial charge in [0.05, 0.1) is 16.1 Å². The molecule has 7 N–H and O–H groups in total. The van der Waals surface area contributed by atoms with Crippen molar-refractivity contribution in [3.05, 3.63) is 77.4 Å². The fourth-order valence-electron chi connectivity index (χ4n) is 3.40. The van der Waals surface area contributed by atoms with Gasteiger partial charge in [-0.1, -0.05) is 43.3 Å². The minimum atomic E-state index is -3.84. The molecule has 0 bridgehead atoms. The zero-order chi connectivity index (χ0) is 24.9. The number of amides is 2. The SMILES string of the molecule is CCCC(=O)Nc1cccc(C=Cc2cc(C(N)=O)c(N)c(-c3ccc(S(N)(=O)=O)cc3)c2)c1. The molecule has 0 atom stereocenters. The molecule has 0 aliphatic carbocycles. The Bertz CT molecular complexity index is 1360. The lowest BCUT2D eigenvalue weighted by atomic mass is 9.96. The highest BCUT2D eigenvalue weighted by atomic mass is 32.2. The molecule has 176 valence electrons. The van der Waals surface area contributed by atoms with Crippen LogP contribution >= 0.6 is 0 Å². The van der Waals surface area contributed by atoms with Crippen molar-refractivity contribution in [3.63, 3.8) is 0 Å². The van der Waals surface area contributed by atoms with Gasteiger partial charge < -0.3 is 16.8 Å². The lowest BCUT2D eigenvalue weighted by Crippen LogP contribution is -2.14. The molecule has 0 radical (unpaired) electrons. The van der Waals surface area contributed by atoms with Gasteiger partial charge in [-0.2, -0.15) is 0 Å². The third-order valence-corrected chi connectivity index (χ3v) is 6.01. The van der Waals surface area contributed by atoms with Gasteiger partial charge in [-0.3, -0.25) is 9.59 Å². The first-order valence-corrected chi connectivity index (χ1v) is 12.1. The highest BCUT2D eigenvalue weighted by Crippen LogP contribution is 2.31. The second-order valence-electron chi connectivity index (χ2n) is 7.72. The van der Waals surface area contributed by atoms with E-state index in [9.17, 15) is 18.0 Å². The van der Waals surface area contributed by atoms with E-state index in [1.807, 2.05) is 37.3 Å². The summed E-state index contributed by atoms with van der Waals surface area (Å²) in [5.74, 6) is -0.734. The number of carbonyl (C=O) groups is 2. The highest BCUT2D eigenvalue weighted by molar-refractivity contribution is 7.89. The number of primary sulfonamides is 1. The Morgan fingerprint density at radius 3 is 2.26 bits per heavy atom. The largest absolute Gasteiger partial charge is 0.398 e. The van der Waals surface area contributed by atoms with Gasteiger partial charge >= 0.3 is 0 Å². The van der Waals surface area contributed by atoms with Gasteiger partial charge in [0, 0.05) is 17.7 Å². The molecule has 2 amide bonds. The Hall–Kier alpha value is -3.95. The Kier molecular flexibility index (Phi) is 7.50. The first-order chi connectivity index (χ1) is 16.1. The first kappa shape index (κ1) is 24.7. The van der Waals surface area contributed by atoms with Crippen LogP contribution in [0.1, 0.15) is 41.3 Å². The van der Waals surface area contributed by atoms with Gasteiger partial charge in [0.2, 0.25) is 15.9 Å². The van der Waals surface area contributed by atoms with E-state index in [4.69, 9.17) is 16.6 Å². The van der Waals surface area contributed by atoms with E-state index < -0.39 is 15.9 Å². The van der Waals surface area contributed by atoms with E-state index in [0.29, 0.717) is 28.8 Å². The highest BCUT2D eigenvalue weighted by Gasteiger charge is 2.14. The number of rotatable bonds is 8. The Balaban J connectivity index is 1.97. The van der Waals surface area contributed by atoms with E-state index in [-0.39, 0.29) is 22.1 Å². The van der Waals surface area contributed by atoms with Gasteiger partial charge in [-0.15, -0.1) is 0 Å². The molecule has 9 heteroatoms. The average molecular weight is 479 g/mol. The maximum Gasteiger partial charge on any atom is 0.250 e. The number of carbonyl (C=O) groups excluding carboxylic acids is 2. The zero-order valence-electron chi connectivity index (χ0n) is 18.6. The van der Waals surface area contributed by atoms with Crippen LogP contribution in [0, 0.1) is 0 Å². The van der Waals surface area contributed by atoms with Crippen molar-refractivity contribution in [2.45, 2.75) is 24.7 Å². The molecule has 0 aromatic heterocycles. The molecule has 0 spiro atoms. The van der Waals surface area contributed by atoms with Crippen molar-refractivity contribution in [2.24, 2.45) is 10.9 Å². The van der Waals surface area contributed by atoms with E-state index in [0.717, 1.165) is 12.0 Å². The fourth-order valence-corrected chi connectivity index (χ4v) is 3.92. The minimum Gasteiger partial charge on any atom is -0.398 e. The van der Waals surface area contributed by atoms with Gasteiger partial charge in [0.15, 0.2) is 0 Å². The molecule has 34 heavy (non-hydrogen) atoms. The van der Waals surface area contributed by atoms with Gasteiger partial charge in [0.25, 0.3) is 5.91 Å². The van der Waals surface area contributed by atoms with Crippen LogP contribution in [0.4, 0.5) is 11.4 Å². The van der Waals surface area contributed by atoms with E-state index >= 15 is 0 Å². The van der Waals surface area contributed by atoms with Crippen molar-refractivity contribution in [3.8, 4) is 11.1 Å². The maximum atomic E-state index is 12.0. The number of nitrogens with one attached hydrogen (secondary N) is 1. The molecule has 8 nitrogen and oxygen atoms in total. The minimum absolute atomic E-state index is 0.0353. The molecule has 3 aromatic carbocycles. The number of nitrogen functional groups attached to an aromatic ring is 1. The van der Waals surface area contributed by atoms with Gasteiger partial charge in [0.1, 0.15) is 0 Å². The molecule has 0 aliphatic rings. The number of sulfonamides is 1. The first-order valence-electron chi connectivity index (χ1n) is 10.5. The van der Waals surface area contributed by atoms with Crippen LogP contribution in [0.2, 0.25) is 0 Å². The zero-order valence-corrected chi connectivity index (χ0v) is 19.4. The molecule has 3 aromatic rings. The van der Waals surface area contributed by atoms with E-state index in [1.165, 1.54) is 12.1 Å². The Morgan fingerprint density at radius 1 is 0.971 bits per heavy atom. The molecule has 0 saturated carbocycles. The van der Waals surface area contributed by atoms with Crippen LogP contribution in [-0.4, -0.2) is 20.2 Å². The standard InChI is InChI=1S/C25H26N4O4S/c1-2-4-23(30)29-19-6-3-5-16(13-19)7-8-17-14-21(24(26)22(15-17)25(27)31)18-9-11-20(12-10-18)34(28,32)33/h3,5-15H,2,4,26H2,1H3,(H2,27,31)(H,29,30)(H2,28,32,33). The molecule has 3 rings (SSSR count). The summed E-state index contributed by atoms with van der Waals surface area (Å²) in [7, 11) is -3.84. The van der Waals surface area contributed by atoms with E-state index in [2.05, 4.69) is 5.32 Å². The van der Waals surface area contributed by atoms with Crippen molar-refractivity contribution < 1.29 is 18.0 Å². The summed E-state index contributed by atoms with van der Waals surface area (Å²) in [6, 6.07) is 16.6. The fraction of sp³-hybridized carbons (Fsp3) is 0.120. The second kappa shape index (κ2) is 10.3. The molecule has 0 saturated heterocycles. The number of nitrogens with two attached hydrogens (primary N) is 3. The Morgan fingerprint density at radius 2 is 1.65 bits per heavy atom. The van der Waals surface area contributed by atoms with Crippen molar-refractivity contribution in [1.82, 2.24) is 0 Å². The topological polar surface area (TPSA) is 158 Å². The smallest absolute Gasteiger partial charge is 0.250 e. The van der Waals surface area contributed by atoms with Crippen molar-refractivity contribution >= 4 is 45.4 Å². The van der Waals surface area contributed by atoms with Crippen LogP contribution in [-0.2, 0) is 14.8 Å². The lowest BCUT2D eigenvalue weighted by Gasteiger charge is -2.12. The number of hydrogen-bond donors (Lipinski definition) is 4. The second-order valence-corrected chi connectivity index (χ2v) is 9.28. The molecule has 0 aliphatic heterocycles. The van der Waals surface area contributed by atoms with Crippen molar-refractivity contribution in [1.29, 1.82) is 0 Å². The monoisotopic (exact) mass is 478 g/mol. The van der Waals surface area contributed by atoms with Crippen molar-refractivity contribution in [2.75, 3.05) is 11.1 Å². The summed E-state index contributed by atoms with van der Waals surface area (Å²) in [6.07, 6.45) is 4.83. The third kappa shape index (κ3) is 6.09. The molecule has 0 heterocycles. The summed E-state index contributed by atoms with van der Waals surface area (Å²) in [6.45, 7) is 1.94. The Labute approximate surface area is 198 Å². The third-order valence-electron chi connectivity index (χ3n) is 5.08. The van der Waals surface area contributed by atoms with Crippen LogP contribution in [0.25, 0.3) is 23.3 Å². The predicted octanol–water partition coefficient (Wildman–Crippen LogP) is 3.59. The predicted molar refractivity (Wildman–Crippen MR) is 135 cm³/mol. The van der Waals surface area contributed by atoms with Crippen LogP contribution < -0.4 is 21.9 Å². The molecular weight excluding hydrogens is 452 g/mol. The molecule has 0 fully saturated rings. The normalized spacial score (nSPS) is 11.5. The summed E-state index contributed by atoms with van der Waals surface area (Å²) in [5, 5.41) is 8.02. The summed E-state index contributed by atoms with van der Waals surface area (Å²) >= 11 is 0. The van der Waals surface area contributed by atoms with Crippen LogP contribution in [0.15, 0.2) is 65.6 Å². The number of benzene rings is 3. The summed E-state index contributed by atoms with van der Waals surface area (Å²) in [4.78, 5) is 23.8.